The van der Waals surface area contributed by atoms with Gasteiger partial charge in [-0.1, -0.05) is 13.8 Å². The maximum atomic E-state index is 8.93. The van der Waals surface area contributed by atoms with E-state index in [9.17, 15) is 0 Å². The Kier molecular flexibility index (Phi) is 68.8. The minimum atomic E-state index is 0. The molecule has 0 spiro atoms. The van der Waals surface area contributed by atoms with Crippen molar-refractivity contribution in [3.8, 4) is 0 Å². The molecule has 0 N–H and O–H groups in total. The molecule has 0 radical (unpaired) electrons. The fourth-order valence-electron chi connectivity index (χ4n) is 0. The second-order valence-corrected chi connectivity index (χ2v) is 0.577. The number of rotatable bonds is 0. The van der Waals surface area contributed by atoms with Crippen LogP contribution < -0.4 is 10.2 Å². The summed E-state index contributed by atoms with van der Waals surface area (Å²) in [5, 5.41) is 17.9. The Balaban J connectivity index is -0.0000000400. The molecule has 0 fully saturated rings. The Morgan fingerprint density at radius 1 is 1.00 bits per heavy atom. The van der Waals surface area contributed by atoms with Crippen LogP contribution in [0.1, 0.15) is 13.8 Å². The van der Waals surface area contributed by atoms with Crippen molar-refractivity contribution in [2.24, 2.45) is 0 Å². The van der Waals surface area contributed by atoms with Crippen molar-refractivity contribution in [1.29, 1.82) is 0 Å². The summed E-state index contributed by atoms with van der Waals surface area (Å²) in [7, 11) is 0. The van der Waals surface area contributed by atoms with E-state index in [0.29, 0.717) is 0 Å². The Morgan fingerprint density at radius 3 is 1.00 bits per heavy atom. The third kappa shape index (κ3) is 408. The molecule has 0 saturated heterocycles. The molecule has 0 rings (SSSR count). The van der Waals surface area contributed by atoms with Gasteiger partial charge in [0.2, 0.25) is 0 Å². The Morgan fingerprint density at radius 2 is 1.00 bits per heavy atom. The average molecular weight is 197 g/mol. The molecule has 3 heteroatoms. The van der Waals surface area contributed by atoms with Crippen molar-refractivity contribution in [1.82, 2.24) is 0 Å². The third-order valence-corrected chi connectivity index (χ3v) is 0. The van der Waals surface area contributed by atoms with Gasteiger partial charge in [-0.3, -0.25) is 0 Å². The minimum absolute atomic E-state index is 0. The minimum Gasteiger partial charge on any atom is -0.855 e. The first-order valence-electron chi connectivity index (χ1n) is 1.99. The van der Waals surface area contributed by atoms with E-state index in [2.05, 4.69) is 0 Å². The monoisotopic (exact) mass is 196 g/mol. The van der Waals surface area contributed by atoms with E-state index in [4.69, 9.17) is 10.2 Å². The van der Waals surface area contributed by atoms with Crippen molar-refractivity contribution in [2.45, 2.75) is 13.8 Å². The van der Waals surface area contributed by atoms with Crippen molar-refractivity contribution in [3.05, 3.63) is 0 Å². The molecule has 0 aromatic rings. The van der Waals surface area contributed by atoms with Crippen LogP contribution >= 0.6 is 0 Å². The van der Waals surface area contributed by atoms with Gasteiger partial charge in [0.1, 0.15) is 0 Å². The van der Waals surface area contributed by atoms with Gasteiger partial charge in [-0.25, -0.2) is 0 Å². The first-order chi connectivity index (χ1) is 2.83. The molecule has 0 bridgehead atoms. The quantitative estimate of drug-likeness (QED) is 0.454. The molecular weight excluding hydrogens is 186 g/mol. The summed E-state index contributed by atoms with van der Waals surface area (Å²) >= 11 is 0. The predicted molar refractivity (Wildman–Crippen MR) is 21.1 cm³/mol. The standard InChI is InChI=1S/2C2H5O.Pd/c2*1-2-3;/h2*2H2,1H3;/q2*-1;+2. The molecule has 7 heavy (non-hydrogen) atoms. The van der Waals surface area contributed by atoms with E-state index in [-0.39, 0.29) is 33.6 Å². The maximum absolute atomic E-state index is 8.93. The fraction of sp³-hybridized carbons (Fsp3) is 1.00. The molecule has 0 aromatic heterocycles. The summed E-state index contributed by atoms with van der Waals surface area (Å²) in [6.45, 7) is 3.14. The normalized spacial score (nSPS) is 5.14. The van der Waals surface area contributed by atoms with Gasteiger partial charge in [0.15, 0.2) is 0 Å². The molecule has 2 nitrogen and oxygen atoms in total. The van der Waals surface area contributed by atoms with Gasteiger partial charge < -0.3 is 10.2 Å². The van der Waals surface area contributed by atoms with Gasteiger partial charge >= 0.3 is 20.4 Å². The van der Waals surface area contributed by atoms with Gasteiger partial charge in [0.05, 0.1) is 0 Å². The van der Waals surface area contributed by atoms with Gasteiger partial charge in [-0.05, 0) is 0 Å². The second-order valence-electron chi connectivity index (χ2n) is 0.577. The van der Waals surface area contributed by atoms with Crippen molar-refractivity contribution >= 4 is 0 Å². The van der Waals surface area contributed by atoms with Crippen molar-refractivity contribution < 1.29 is 30.6 Å². The summed E-state index contributed by atoms with van der Waals surface area (Å²) in [5.41, 5.74) is 0. The average Bonchev–Trinajstić information content (AvgIpc) is 1.39. The fourth-order valence-corrected chi connectivity index (χ4v) is 0. The van der Waals surface area contributed by atoms with Crippen LogP contribution in [0.5, 0.6) is 0 Å². The van der Waals surface area contributed by atoms with E-state index in [1.807, 2.05) is 0 Å². The Bertz CT molecular complexity index is 11.7. The topological polar surface area (TPSA) is 46.1 Å². The van der Waals surface area contributed by atoms with Crippen LogP contribution in [0.25, 0.3) is 0 Å². The zero-order valence-corrected chi connectivity index (χ0v) is 6.10. The van der Waals surface area contributed by atoms with Crippen molar-refractivity contribution in [2.75, 3.05) is 13.2 Å². The van der Waals surface area contributed by atoms with Crippen LogP contribution in [0.4, 0.5) is 0 Å². The van der Waals surface area contributed by atoms with Gasteiger partial charge in [-0.15, -0.1) is 13.2 Å². The molecule has 0 aliphatic rings. The predicted octanol–water partition coefficient (Wildman–Crippen LogP) is -1.27. The maximum Gasteiger partial charge on any atom is 2.00 e. The van der Waals surface area contributed by atoms with E-state index >= 15 is 0 Å². The smallest absolute Gasteiger partial charge is 0.855 e. The molecule has 48 valence electrons. The third-order valence-electron chi connectivity index (χ3n) is 0. The number of hydrogen-bond donors (Lipinski definition) is 0. The van der Waals surface area contributed by atoms with E-state index < -0.39 is 0 Å². The van der Waals surface area contributed by atoms with Crippen LogP contribution in [-0.4, -0.2) is 13.2 Å². The molecule has 0 heterocycles. The molecule has 0 aromatic carbocycles. The second kappa shape index (κ2) is 30.8. The molecule has 0 aliphatic carbocycles. The molecule has 0 aliphatic heterocycles. The molecule has 0 amide bonds. The zero-order chi connectivity index (χ0) is 5.41. The first kappa shape index (κ1) is 15.6. The summed E-state index contributed by atoms with van der Waals surface area (Å²) in [6.07, 6.45) is 0. The summed E-state index contributed by atoms with van der Waals surface area (Å²) in [4.78, 5) is 0. The molecule has 0 saturated carbocycles. The van der Waals surface area contributed by atoms with Gasteiger partial charge in [-0.2, -0.15) is 0 Å². The molecular formula is C4H10O2Pd. The van der Waals surface area contributed by atoms with Crippen LogP contribution in [0.2, 0.25) is 0 Å². The summed E-state index contributed by atoms with van der Waals surface area (Å²) < 4.78 is 0. The Labute approximate surface area is 58.2 Å². The summed E-state index contributed by atoms with van der Waals surface area (Å²) in [5.74, 6) is 0. The van der Waals surface area contributed by atoms with Gasteiger partial charge in [0, 0.05) is 0 Å². The first-order valence-corrected chi connectivity index (χ1v) is 1.99. The largest absolute Gasteiger partial charge is 2.00 e. The molecule has 0 atom stereocenters. The Hall–Kier alpha value is 0.582. The van der Waals surface area contributed by atoms with Crippen LogP contribution in [0.3, 0.4) is 0 Å². The van der Waals surface area contributed by atoms with Crippen LogP contribution in [-0.2, 0) is 20.4 Å². The number of hydrogen-bond acceptors (Lipinski definition) is 2. The summed E-state index contributed by atoms with van der Waals surface area (Å²) in [6, 6.07) is 0. The van der Waals surface area contributed by atoms with Gasteiger partial charge in [0.25, 0.3) is 0 Å². The zero-order valence-electron chi connectivity index (χ0n) is 4.55. The van der Waals surface area contributed by atoms with E-state index in [1.54, 1.807) is 13.8 Å². The molecule has 0 unspecified atom stereocenters. The van der Waals surface area contributed by atoms with Crippen LogP contribution in [0.15, 0.2) is 0 Å². The SMILES string of the molecule is CC[O-].CC[O-].[Pd+2]. The van der Waals surface area contributed by atoms with E-state index in [1.165, 1.54) is 0 Å². The van der Waals surface area contributed by atoms with Crippen molar-refractivity contribution in [3.63, 3.8) is 0 Å². The van der Waals surface area contributed by atoms with E-state index in [0.717, 1.165) is 0 Å². The van der Waals surface area contributed by atoms with Crippen LogP contribution in [0, 0.1) is 0 Å².